The molecule has 0 spiro atoms. The SMILES string of the molecule is Nc1cc(F)ccc1-c1nnnn1CC1CCOC1. The summed E-state index contributed by atoms with van der Waals surface area (Å²) in [5, 5.41) is 11.6. The number of ether oxygens (including phenoxy) is 1. The van der Waals surface area contributed by atoms with Crippen molar-refractivity contribution in [1.29, 1.82) is 0 Å². The lowest BCUT2D eigenvalue weighted by Gasteiger charge is -2.10. The Labute approximate surface area is 109 Å². The van der Waals surface area contributed by atoms with Crippen molar-refractivity contribution in [3.05, 3.63) is 24.0 Å². The molecule has 1 atom stereocenters. The largest absolute Gasteiger partial charge is 0.398 e. The van der Waals surface area contributed by atoms with Crippen LogP contribution in [0.4, 0.5) is 10.1 Å². The highest BCUT2D eigenvalue weighted by atomic mass is 19.1. The zero-order chi connectivity index (χ0) is 13.2. The first kappa shape index (κ1) is 12.0. The van der Waals surface area contributed by atoms with Gasteiger partial charge in [-0.25, -0.2) is 9.07 Å². The lowest BCUT2D eigenvalue weighted by Crippen LogP contribution is -2.13. The first-order valence-corrected chi connectivity index (χ1v) is 6.13. The Morgan fingerprint density at radius 1 is 1.47 bits per heavy atom. The molecule has 1 aliphatic heterocycles. The minimum atomic E-state index is -0.371. The van der Waals surface area contributed by atoms with E-state index in [-0.39, 0.29) is 5.82 Å². The van der Waals surface area contributed by atoms with Gasteiger partial charge in [-0.15, -0.1) is 5.10 Å². The van der Waals surface area contributed by atoms with Crippen molar-refractivity contribution >= 4 is 5.69 Å². The molecule has 19 heavy (non-hydrogen) atoms. The molecule has 7 heteroatoms. The molecule has 0 aliphatic carbocycles. The summed E-state index contributed by atoms with van der Waals surface area (Å²) in [4.78, 5) is 0. The van der Waals surface area contributed by atoms with Crippen LogP contribution >= 0.6 is 0 Å². The van der Waals surface area contributed by atoms with E-state index in [2.05, 4.69) is 15.5 Å². The summed E-state index contributed by atoms with van der Waals surface area (Å²) in [5.74, 6) is 0.595. The Kier molecular flexibility index (Phi) is 3.12. The number of rotatable bonds is 3. The first-order chi connectivity index (χ1) is 9.24. The van der Waals surface area contributed by atoms with Gasteiger partial charge in [-0.3, -0.25) is 0 Å². The Balaban J connectivity index is 1.90. The number of tetrazole rings is 1. The fourth-order valence-electron chi connectivity index (χ4n) is 2.23. The van der Waals surface area contributed by atoms with Crippen LogP contribution in [0.2, 0.25) is 0 Å². The van der Waals surface area contributed by atoms with Gasteiger partial charge in [0, 0.05) is 23.8 Å². The number of halogens is 1. The zero-order valence-corrected chi connectivity index (χ0v) is 10.3. The predicted octanol–water partition coefficient (Wildman–Crippen LogP) is 1.10. The molecule has 2 heterocycles. The third kappa shape index (κ3) is 2.41. The van der Waals surface area contributed by atoms with Gasteiger partial charge in [0.1, 0.15) is 5.82 Å². The van der Waals surface area contributed by atoms with Crippen molar-refractivity contribution in [1.82, 2.24) is 20.2 Å². The van der Waals surface area contributed by atoms with Crippen LogP contribution in [-0.4, -0.2) is 33.4 Å². The molecule has 2 N–H and O–H groups in total. The minimum Gasteiger partial charge on any atom is -0.398 e. The molecule has 3 rings (SSSR count). The van der Waals surface area contributed by atoms with Crippen molar-refractivity contribution in [2.75, 3.05) is 18.9 Å². The van der Waals surface area contributed by atoms with E-state index in [9.17, 15) is 4.39 Å². The molecule has 2 aromatic rings. The Morgan fingerprint density at radius 2 is 2.37 bits per heavy atom. The lowest BCUT2D eigenvalue weighted by molar-refractivity contribution is 0.181. The maximum Gasteiger partial charge on any atom is 0.184 e. The maximum atomic E-state index is 13.1. The van der Waals surface area contributed by atoms with Gasteiger partial charge in [0.2, 0.25) is 0 Å². The molecule has 1 saturated heterocycles. The van der Waals surface area contributed by atoms with Crippen LogP contribution in [0, 0.1) is 11.7 Å². The van der Waals surface area contributed by atoms with Gasteiger partial charge in [-0.05, 0) is 35.0 Å². The van der Waals surface area contributed by atoms with Gasteiger partial charge in [0.15, 0.2) is 5.82 Å². The van der Waals surface area contributed by atoms with Crippen molar-refractivity contribution in [2.45, 2.75) is 13.0 Å². The second-order valence-electron chi connectivity index (χ2n) is 4.65. The number of aromatic nitrogens is 4. The average Bonchev–Trinajstić information content (AvgIpc) is 3.02. The standard InChI is InChI=1S/C12H14FN5O/c13-9-1-2-10(11(14)5-9)12-15-16-17-18(12)6-8-3-4-19-7-8/h1-2,5,8H,3-4,6-7,14H2. The Bertz CT molecular complexity index is 579. The molecule has 1 aromatic heterocycles. The monoisotopic (exact) mass is 263 g/mol. The predicted molar refractivity (Wildman–Crippen MR) is 66.5 cm³/mol. The molecule has 6 nitrogen and oxygen atoms in total. The molecule has 1 unspecified atom stereocenters. The molecular formula is C12H14FN5O. The van der Waals surface area contributed by atoms with Gasteiger partial charge in [0.25, 0.3) is 0 Å². The molecule has 1 fully saturated rings. The van der Waals surface area contributed by atoms with Gasteiger partial charge < -0.3 is 10.5 Å². The number of hydrogen-bond acceptors (Lipinski definition) is 5. The third-order valence-corrected chi connectivity index (χ3v) is 3.24. The summed E-state index contributed by atoms with van der Waals surface area (Å²) in [7, 11) is 0. The summed E-state index contributed by atoms with van der Waals surface area (Å²) in [6.07, 6.45) is 0.998. The van der Waals surface area contributed by atoms with Crippen LogP contribution in [0.25, 0.3) is 11.4 Å². The summed E-state index contributed by atoms with van der Waals surface area (Å²) < 4.78 is 20.1. The third-order valence-electron chi connectivity index (χ3n) is 3.24. The van der Waals surface area contributed by atoms with Crippen LogP contribution in [0.3, 0.4) is 0 Å². The number of nitrogen functional groups attached to an aromatic ring is 1. The van der Waals surface area contributed by atoms with Gasteiger partial charge in [-0.1, -0.05) is 0 Å². The highest BCUT2D eigenvalue weighted by Gasteiger charge is 2.20. The van der Waals surface area contributed by atoms with E-state index in [0.717, 1.165) is 19.6 Å². The van der Waals surface area contributed by atoms with E-state index in [1.54, 1.807) is 10.7 Å². The second-order valence-corrected chi connectivity index (χ2v) is 4.65. The fourth-order valence-corrected chi connectivity index (χ4v) is 2.23. The maximum absolute atomic E-state index is 13.1. The van der Waals surface area contributed by atoms with Gasteiger partial charge in [-0.2, -0.15) is 0 Å². The fraction of sp³-hybridized carbons (Fsp3) is 0.417. The quantitative estimate of drug-likeness (QED) is 0.839. The Morgan fingerprint density at radius 3 is 3.11 bits per heavy atom. The normalized spacial score (nSPS) is 18.9. The molecule has 0 radical (unpaired) electrons. The topological polar surface area (TPSA) is 78.9 Å². The molecule has 1 aliphatic rings. The van der Waals surface area contributed by atoms with E-state index in [1.165, 1.54) is 12.1 Å². The zero-order valence-electron chi connectivity index (χ0n) is 10.3. The molecular weight excluding hydrogens is 249 g/mol. The van der Waals surface area contributed by atoms with Crippen molar-refractivity contribution in [3.8, 4) is 11.4 Å². The highest BCUT2D eigenvalue weighted by Crippen LogP contribution is 2.25. The summed E-state index contributed by atoms with van der Waals surface area (Å²) in [5.41, 5.74) is 6.79. The minimum absolute atomic E-state index is 0.332. The number of nitrogens with zero attached hydrogens (tertiary/aromatic N) is 4. The van der Waals surface area contributed by atoms with Crippen molar-refractivity contribution in [2.24, 2.45) is 5.92 Å². The second kappa shape index (κ2) is 4.93. The van der Waals surface area contributed by atoms with Crippen molar-refractivity contribution < 1.29 is 9.13 Å². The number of benzene rings is 1. The van der Waals surface area contributed by atoms with E-state index in [1.807, 2.05) is 0 Å². The Hall–Kier alpha value is -2.02. The molecule has 1 aromatic carbocycles. The average molecular weight is 263 g/mol. The number of anilines is 1. The van der Waals surface area contributed by atoms with Crippen LogP contribution in [0.15, 0.2) is 18.2 Å². The number of hydrogen-bond donors (Lipinski definition) is 1. The lowest BCUT2D eigenvalue weighted by atomic mass is 10.1. The molecule has 0 bridgehead atoms. The van der Waals surface area contributed by atoms with E-state index in [0.29, 0.717) is 29.5 Å². The van der Waals surface area contributed by atoms with Crippen LogP contribution in [-0.2, 0) is 11.3 Å². The molecule has 100 valence electrons. The van der Waals surface area contributed by atoms with Gasteiger partial charge in [0.05, 0.1) is 13.2 Å². The van der Waals surface area contributed by atoms with Crippen molar-refractivity contribution in [3.63, 3.8) is 0 Å². The van der Waals surface area contributed by atoms with E-state index < -0.39 is 0 Å². The van der Waals surface area contributed by atoms with Gasteiger partial charge >= 0.3 is 0 Å². The van der Waals surface area contributed by atoms with E-state index >= 15 is 0 Å². The summed E-state index contributed by atoms with van der Waals surface area (Å²) in [6.45, 7) is 2.18. The molecule has 0 amide bonds. The van der Waals surface area contributed by atoms with Crippen LogP contribution in [0.1, 0.15) is 6.42 Å². The molecule has 0 saturated carbocycles. The van der Waals surface area contributed by atoms with E-state index in [4.69, 9.17) is 10.5 Å². The summed E-state index contributed by atoms with van der Waals surface area (Å²) in [6, 6.07) is 4.22. The van der Waals surface area contributed by atoms with Crippen LogP contribution in [0.5, 0.6) is 0 Å². The highest BCUT2D eigenvalue weighted by molar-refractivity contribution is 5.71. The smallest absolute Gasteiger partial charge is 0.184 e. The van der Waals surface area contributed by atoms with Crippen LogP contribution < -0.4 is 5.73 Å². The summed E-state index contributed by atoms with van der Waals surface area (Å²) >= 11 is 0. The number of nitrogens with two attached hydrogens (primary N) is 1. The first-order valence-electron chi connectivity index (χ1n) is 6.13.